The van der Waals surface area contributed by atoms with E-state index >= 15 is 4.39 Å². The average molecular weight is 638 g/mol. The Kier molecular flexibility index (Phi) is 10.2. The van der Waals surface area contributed by atoms with Crippen LogP contribution < -0.4 is 10.6 Å². The zero-order chi connectivity index (χ0) is 32.2. The topological polar surface area (TPSA) is 132 Å². The molecule has 1 aliphatic heterocycles. The maximum Gasteiger partial charge on any atom is 0.407 e. The van der Waals surface area contributed by atoms with E-state index in [-0.39, 0.29) is 41.8 Å². The third-order valence-corrected chi connectivity index (χ3v) is 8.82. The molecule has 10 nitrogen and oxygen atoms in total. The van der Waals surface area contributed by atoms with Gasteiger partial charge in [-0.3, -0.25) is 14.7 Å². The van der Waals surface area contributed by atoms with Crippen LogP contribution in [-0.4, -0.2) is 84.7 Å². The zero-order valence-electron chi connectivity index (χ0n) is 23.8. The molecule has 1 aromatic heterocycles. The molecule has 236 valence electrons. The molecule has 44 heavy (non-hydrogen) atoms. The van der Waals surface area contributed by atoms with Crippen LogP contribution in [0.3, 0.4) is 0 Å². The van der Waals surface area contributed by atoms with Gasteiger partial charge >= 0.3 is 6.09 Å². The summed E-state index contributed by atoms with van der Waals surface area (Å²) >= 11 is 0. The standard InChI is InChI=1S/C29H31F4N5O5S/c1-37(29(40)41)27(26(17-3-5-19(30)6-4-17)18-11-20(31)13-21(32)12-18)28(39)36-25-16-35-15-24(33)23(25)8-7-22-14-34-9-10-38(22)44(2,42)43/h3-6,11-13,15-16,22,26-27,34H,7-10,14H2,1-2H3,(H,36,39)(H,40,41)/t22-,26-,27-/m0/s1. The fourth-order valence-corrected chi connectivity index (χ4v) is 6.56. The first kappa shape index (κ1) is 32.8. The van der Waals surface area contributed by atoms with Gasteiger partial charge in [-0.25, -0.2) is 30.8 Å². The molecule has 3 N–H and O–H groups in total. The molecule has 4 rings (SSSR count). The molecule has 0 saturated carbocycles. The second-order valence-corrected chi connectivity index (χ2v) is 12.4. The number of carboxylic acid groups (broad SMARTS) is 1. The summed E-state index contributed by atoms with van der Waals surface area (Å²) in [5.41, 5.74) is -0.0329. The number of hydrogen-bond donors (Lipinski definition) is 3. The van der Waals surface area contributed by atoms with Crippen molar-refractivity contribution in [2.75, 3.05) is 38.3 Å². The number of piperazine rings is 1. The highest BCUT2D eigenvalue weighted by atomic mass is 32.2. The van der Waals surface area contributed by atoms with Crippen LogP contribution in [0.4, 0.5) is 28.0 Å². The van der Waals surface area contributed by atoms with Crippen molar-refractivity contribution in [2.24, 2.45) is 0 Å². The Morgan fingerprint density at radius 2 is 1.73 bits per heavy atom. The number of pyridine rings is 1. The Morgan fingerprint density at radius 1 is 1.07 bits per heavy atom. The SMILES string of the molecule is CN(C(=O)O)[C@H](C(=O)Nc1cncc(F)c1CC[C@H]1CNCCN1S(C)(=O)=O)[C@@H](c1ccc(F)cc1)c1cc(F)cc(F)c1. The summed E-state index contributed by atoms with van der Waals surface area (Å²) in [5.74, 6) is -5.71. The molecule has 0 spiro atoms. The van der Waals surface area contributed by atoms with Crippen molar-refractivity contribution in [1.82, 2.24) is 19.5 Å². The number of likely N-dealkylation sites (N-methyl/N-ethyl adjacent to an activating group) is 1. The highest BCUT2D eigenvalue weighted by Crippen LogP contribution is 2.33. The summed E-state index contributed by atoms with van der Waals surface area (Å²) in [6.07, 6.45) is 1.79. The van der Waals surface area contributed by atoms with Gasteiger partial charge in [0.05, 0.1) is 24.3 Å². The van der Waals surface area contributed by atoms with Crippen LogP contribution >= 0.6 is 0 Å². The van der Waals surface area contributed by atoms with Crippen LogP contribution in [0.25, 0.3) is 0 Å². The Balaban J connectivity index is 1.72. The summed E-state index contributed by atoms with van der Waals surface area (Å²) in [4.78, 5) is 30.5. The summed E-state index contributed by atoms with van der Waals surface area (Å²) < 4.78 is 83.5. The molecule has 0 radical (unpaired) electrons. The lowest BCUT2D eigenvalue weighted by Gasteiger charge is -2.34. The number of carbonyl (C=O) groups is 2. The minimum Gasteiger partial charge on any atom is -0.465 e. The molecular formula is C29H31F4N5O5S. The van der Waals surface area contributed by atoms with Crippen molar-refractivity contribution in [3.8, 4) is 0 Å². The lowest BCUT2D eigenvalue weighted by Crippen LogP contribution is -2.53. The number of rotatable bonds is 10. The Labute approximate surface area is 251 Å². The zero-order valence-corrected chi connectivity index (χ0v) is 24.6. The highest BCUT2D eigenvalue weighted by molar-refractivity contribution is 7.88. The monoisotopic (exact) mass is 637 g/mol. The van der Waals surface area contributed by atoms with Crippen molar-refractivity contribution in [2.45, 2.75) is 30.8 Å². The molecule has 2 heterocycles. The van der Waals surface area contributed by atoms with Gasteiger partial charge in [-0.2, -0.15) is 4.31 Å². The summed E-state index contributed by atoms with van der Waals surface area (Å²) in [7, 11) is -2.46. The second kappa shape index (κ2) is 13.7. The van der Waals surface area contributed by atoms with E-state index in [9.17, 15) is 36.3 Å². The van der Waals surface area contributed by atoms with Gasteiger partial charge in [0.1, 0.15) is 29.3 Å². The molecule has 1 saturated heterocycles. The minimum atomic E-state index is -3.54. The van der Waals surface area contributed by atoms with Crippen molar-refractivity contribution in [1.29, 1.82) is 0 Å². The number of nitrogens with one attached hydrogen (secondary N) is 2. The van der Waals surface area contributed by atoms with E-state index in [0.717, 1.165) is 50.0 Å². The van der Waals surface area contributed by atoms with E-state index in [4.69, 9.17) is 0 Å². The van der Waals surface area contributed by atoms with Gasteiger partial charge in [0, 0.05) is 50.3 Å². The first-order valence-corrected chi connectivity index (χ1v) is 15.4. The number of halogens is 4. The van der Waals surface area contributed by atoms with Crippen molar-refractivity contribution in [3.05, 3.63) is 94.8 Å². The Bertz CT molecular complexity index is 1610. The molecular weight excluding hydrogens is 606 g/mol. The molecule has 0 unspecified atom stereocenters. The lowest BCUT2D eigenvalue weighted by atomic mass is 9.83. The van der Waals surface area contributed by atoms with Gasteiger partial charge in [-0.15, -0.1) is 0 Å². The molecule has 0 bridgehead atoms. The molecule has 0 aliphatic carbocycles. The Hall–Kier alpha value is -4.08. The predicted molar refractivity (Wildman–Crippen MR) is 154 cm³/mol. The molecule has 2 aromatic carbocycles. The van der Waals surface area contributed by atoms with Gasteiger partial charge in [-0.1, -0.05) is 12.1 Å². The van der Waals surface area contributed by atoms with E-state index in [1.54, 1.807) is 0 Å². The number of carbonyl (C=O) groups excluding carboxylic acids is 1. The van der Waals surface area contributed by atoms with Crippen LogP contribution in [0.5, 0.6) is 0 Å². The number of nitrogens with zero attached hydrogens (tertiary/aromatic N) is 3. The largest absolute Gasteiger partial charge is 0.465 e. The second-order valence-electron chi connectivity index (χ2n) is 10.5. The van der Waals surface area contributed by atoms with E-state index in [1.807, 2.05) is 0 Å². The van der Waals surface area contributed by atoms with Gasteiger partial charge in [0.15, 0.2) is 0 Å². The van der Waals surface area contributed by atoms with Crippen molar-refractivity contribution in [3.63, 3.8) is 0 Å². The maximum absolute atomic E-state index is 15.1. The maximum atomic E-state index is 15.1. The van der Waals surface area contributed by atoms with Crippen LogP contribution in [-0.2, 0) is 21.2 Å². The van der Waals surface area contributed by atoms with Crippen molar-refractivity contribution < 1.29 is 40.7 Å². The predicted octanol–water partition coefficient (Wildman–Crippen LogP) is 3.55. The van der Waals surface area contributed by atoms with Gasteiger partial charge < -0.3 is 15.7 Å². The summed E-state index contributed by atoms with van der Waals surface area (Å²) in [6, 6.07) is 4.95. The molecule has 1 fully saturated rings. The molecule has 1 aliphatic rings. The number of hydrogen-bond acceptors (Lipinski definition) is 6. The van der Waals surface area contributed by atoms with E-state index < -0.39 is 63.3 Å². The van der Waals surface area contributed by atoms with Gasteiger partial charge in [0.2, 0.25) is 15.9 Å². The highest BCUT2D eigenvalue weighted by Gasteiger charge is 2.38. The summed E-state index contributed by atoms with van der Waals surface area (Å²) in [6.45, 7) is 1.02. The normalized spacial score (nSPS) is 17.1. The number of anilines is 1. The fourth-order valence-electron chi connectivity index (χ4n) is 5.42. The molecule has 15 heteroatoms. The fraction of sp³-hybridized carbons (Fsp3) is 0.345. The van der Waals surface area contributed by atoms with Gasteiger partial charge in [0.25, 0.3) is 0 Å². The third kappa shape index (κ3) is 7.70. The van der Waals surface area contributed by atoms with Crippen molar-refractivity contribution >= 4 is 27.7 Å². The average Bonchev–Trinajstić information content (AvgIpc) is 2.95. The van der Waals surface area contributed by atoms with E-state index in [1.165, 1.54) is 16.4 Å². The quantitative estimate of drug-likeness (QED) is 0.290. The third-order valence-electron chi connectivity index (χ3n) is 7.49. The van der Waals surface area contributed by atoms with Crippen LogP contribution in [0.15, 0.2) is 54.9 Å². The molecule has 3 atom stereocenters. The van der Waals surface area contributed by atoms with E-state index in [0.29, 0.717) is 24.1 Å². The smallest absolute Gasteiger partial charge is 0.407 e. The Morgan fingerprint density at radius 3 is 2.34 bits per heavy atom. The summed E-state index contributed by atoms with van der Waals surface area (Å²) in [5, 5.41) is 15.5. The number of aromatic nitrogens is 1. The van der Waals surface area contributed by atoms with Crippen LogP contribution in [0.1, 0.15) is 29.0 Å². The molecule has 3 aromatic rings. The number of benzene rings is 2. The minimum absolute atomic E-state index is 0.000709. The lowest BCUT2D eigenvalue weighted by molar-refractivity contribution is -0.120. The number of amides is 2. The van der Waals surface area contributed by atoms with Crippen LogP contribution in [0, 0.1) is 23.3 Å². The van der Waals surface area contributed by atoms with Crippen LogP contribution in [0.2, 0.25) is 0 Å². The first-order chi connectivity index (χ1) is 20.8. The first-order valence-electron chi connectivity index (χ1n) is 13.5. The van der Waals surface area contributed by atoms with E-state index in [2.05, 4.69) is 15.6 Å². The number of sulfonamides is 1. The molecule has 2 amide bonds. The van der Waals surface area contributed by atoms with Gasteiger partial charge in [-0.05, 0) is 48.2 Å².